The number of rotatable bonds is 8. The summed E-state index contributed by atoms with van der Waals surface area (Å²) in [5, 5.41) is 3.61. The number of hydrogen-bond donors (Lipinski definition) is 0. The molecule has 0 aliphatic heterocycles. The Morgan fingerprint density at radius 3 is 1.48 bits per heavy atom. The average molecular weight is 716 g/mol. The molecule has 0 saturated heterocycles. The van der Waals surface area contributed by atoms with Gasteiger partial charge in [0.2, 0.25) is 0 Å². The van der Waals surface area contributed by atoms with Crippen LogP contribution in [-0.4, -0.2) is 0 Å². The molecule has 0 amide bonds. The molecule has 9 aromatic carbocycles. The molecule has 2 heteroatoms. The van der Waals surface area contributed by atoms with E-state index in [1.165, 1.54) is 49.7 Å². The van der Waals surface area contributed by atoms with Gasteiger partial charge in [-0.1, -0.05) is 170 Å². The van der Waals surface area contributed by atoms with Gasteiger partial charge >= 0.3 is 0 Å². The van der Waals surface area contributed by atoms with Crippen molar-refractivity contribution in [1.82, 2.24) is 0 Å². The van der Waals surface area contributed by atoms with E-state index >= 15 is 0 Å². The first-order chi connectivity index (χ1) is 27.7. The molecule has 0 unspecified atom stereocenters. The lowest BCUT2D eigenvalue weighted by atomic mass is 9.98. The maximum absolute atomic E-state index is 6.17. The Hall–Kier alpha value is -7.42. The van der Waals surface area contributed by atoms with Crippen LogP contribution in [0.2, 0.25) is 0 Å². The summed E-state index contributed by atoms with van der Waals surface area (Å²) in [5.41, 5.74) is 14.7. The van der Waals surface area contributed by atoms with Crippen LogP contribution in [0.15, 0.2) is 229 Å². The Balaban J connectivity index is 0.971. The summed E-state index contributed by atoms with van der Waals surface area (Å²) in [6.45, 7) is 0. The fourth-order valence-corrected chi connectivity index (χ4v) is 7.76. The Morgan fingerprint density at radius 2 is 0.786 bits per heavy atom. The van der Waals surface area contributed by atoms with Gasteiger partial charge in [0.15, 0.2) is 0 Å². The zero-order valence-corrected chi connectivity index (χ0v) is 30.7. The van der Waals surface area contributed by atoms with Crippen molar-refractivity contribution in [2.24, 2.45) is 0 Å². The van der Waals surface area contributed by atoms with Crippen LogP contribution >= 0.6 is 0 Å². The standard InChI is InChI=1S/C54H37NO/c1-2-12-43(13-3-1)51-18-7-8-19-52(51)55(50-33-29-42(30-34-50)46-26-25-38-11-4-5-14-44(38)35-46)49-31-27-40(28-32-49)39-21-23-41(24-22-39)45-16-10-17-47(36-45)54-37-48-15-6-9-20-53(48)56-54/h1-37H. The molecule has 56 heavy (non-hydrogen) atoms. The maximum atomic E-state index is 6.17. The van der Waals surface area contributed by atoms with Gasteiger partial charge in [-0.25, -0.2) is 0 Å². The fraction of sp³-hybridized carbons (Fsp3) is 0. The Labute approximate surface area is 327 Å². The molecule has 0 saturated carbocycles. The van der Waals surface area contributed by atoms with Crippen molar-refractivity contribution in [2.75, 3.05) is 4.90 Å². The molecule has 2 nitrogen and oxygen atoms in total. The molecule has 0 aliphatic carbocycles. The zero-order chi connectivity index (χ0) is 37.3. The number of anilines is 3. The van der Waals surface area contributed by atoms with Gasteiger partial charge in [0.25, 0.3) is 0 Å². The van der Waals surface area contributed by atoms with Gasteiger partial charge in [-0.15, -0.1) is 0 Å². The molecule has 0 aliphatic rings. The number of hydrogen-bond acceptors (Lipinski definition) is 2. The third kappa shape index (κ3) is 6.44. The van der Waals surface area contributed by atoms with Gasteiger partial charge in [-0.05, 0) is 104 Å². The summed E-state index contributed by atoms with van der Waals surface area (Å²) in [7, 11) is 0. The molecule has 10 aromatic rings. The molecule has 0 radical (unpaired) electrons. The van der Waals surface area contributed by atoms with Crippen LogP contribution in [0.25, 0.3) is 77.6 Å². The van der Waals surface area contributed by atoms with Crippen LogP contribution in [-0.2, 0) is 0 Å². The number of furan rings is 1. The summed E-state index contributed by atoms with van der Waals surface area (Å²) < 4.78 is 6.17. The minimum absolute atomic E-state index is 0.881. The van der Waals surface area contributed by atoms with E-state index in [2.05, 4.69) is 211 Å². The van der Waals surface area contributed by atoms with Crippen LogP contribution in [0.5, 0.6) is 0 Å². The van der Waals surface area contributed by atoms with Crippen molar-refractivity contribution >= 4 is 38.8 Å². The van der Waals surface area contributed by atoms with Gasteiger partial charge < -0.3 is 9.32 Å². The predicted octanol–water partition coefficient (Wildman–Crippen LogP) is 15.4. The first-order valence-electron chi connectivity index (χ1n) is 19.1. The van der Waals surface area contributed by atoms with E-state index < -0.39 is 0 Å². The topological polar surface area (TPSA) is 16.4 Å². The lowest BCUT2D eigenvalue weighted by molar-refractivity contribution is 0.631. The normalized spacial score (nSPS) is 11.2. The summed E-state index contributed by atoms with van der Waals surface area (Å²) >= 11 is 0. The number of para-hydroxylation sites is 2. The minimum atomic E-state index is 0.881. The maximum Gasteiger partial charge on any atom is 0.135 e. The van der Waals surface area contributed by atoms with Crippen molar-refractivity contribution in [3.05, 3.63) is 224 Å². The van der Waals surface area contributed by atoms with E-state index in [1.54, 1.807) is 0 Å². The first kappa shape index (κ1) is 33.2. The monoisotopic (exact) mass is 715 g/mol. The summed E-state index contributed by atoms with van der Waals surface area (Å²) in [4.78, 5) is 2.37. The van der Waals surface area contributed by atoms with Crippen LogP contribution in [0, 0.1) is 0 Å². The Kier molecular flexibility index (Phi) is 8.55. The van der Waals surface area contributed by atoms with Gasteiger partial charge in [0, 0.05) is 27.9 Å². The van der Waals surface area contributed by atoms with Gasteiger partial charge in [-0.2, -0.15) is 0 Å². The Bertz CT molecular complexity index is 2910. The Morgan fingerprint density at radius 1 is 0.286 bits per heavy atom. The van der Waals surface area contributed by atoms with Crippen molar-refractivity contribution in [1.29, 1.82) is 0 Å². The molecule has 1 heterocycles. The number of benzene rings is 9. The molecule has 1 aromatic heterocycles. The fourth-order valence-electron chi connectivity index (χ4n) is 7.76. The summed E-state index contributed by atoms with van der Waals surface area (Å²) in [5.74, 6) is 0.881. The van der Waals surface area contributed by atoms with Crippen LogP contribution in [0.1, 0.15) is 0 Å². The van der Waals surface area contributed by atoms with Crippen LogP contribution < -0.4 is 4.90 Å². The van der Waals surface area contributed by atoms with Crippen molar-refractivity contribution in [3.8, 4) is 55.8 Å². The number of fused-ring (bicyclic) bond motifs is 2. The molecule has 264 valence electrons. The lowest BCUT2D eigenvalue weighted by Gasteiger charge is -2.28. The van der Waals surface area contributed by atoms with Gasteiger partial charge in [-0.3, -0.25) is 0 Å². The molecular formula is C54H37NO. The third-order valence-corrected chi connectivity index (χ3v) is 10.7. The largest absolute Gasteiger partial charge is 0.456 e. The highest BCUT2D eigenvalue weighted by molar-refractivity contribution is 5.91. The molecule has 10 rings (SSSR count). The SMILES string of the molecule is c1ccc(-c2ccccc2N(c2ccc(-c3ccc(-c4cccc(-c5cc6ccccc6o5)c4)cc3)cc2)c2ccc(-c3ccc4ccccc4c3)cc2)cc1. The summed E-state index contributed by atoms with van der Waals surface area (Å²) in [6.07, 6.45) is 0. The van der Waals surface area contributed by atoms with E-state index in [0.717, 1.165) is 44.9 Å². The quantitative estimate of drug-likeness (QED) is 0.156. The van der Waals surface area contributed by atoms with E-state index in [4.69, 9.17) is 4.42 Å². The van der Waals surface area contributed by atoms with Gasteiger partial charge in [0.05, 0.1) is 5.69 Å². The highest BCUT2D eigenvalue weighted by atomic mass is 16.3. The first-order valence-corrected chi connectivity index (χ1v) is 19.1. The molecular weight excluding hydrogens is 679 g/mol. The van der Waals surface area contributed by atoms with E-state index in [-0.39, 0.29) is 0 Å². The van der Waals surface area contributed by atoms with Crippen LogP contribution in [0.4, 0.5) is 17.1 Å². The second kappa shape index (κ2) is 14.4. The second-order valence-electron chi connectivity index (χ2n) is 14.2. The average Bonchev–Trinajstić information content (AvgIpc) is 3.72. The smallest absolute Gasteiger partial charge is 0.135 e. The van der Waals surface area contributed by atoms with E-state index in [0.29, 0.717) is 0 Å². The summed E-state index contributed by atoms with van der Waals surface area (Å²) in [6, 6.07) is 80.1. The molecule has 0 fully saturated rings. The zero-order valence-electron chi connectivity index (χ0n) is 30.7. The van der Waals surface area contributed by atoms with E-state index in [9.17, 15) is 0 Å². The van der Waals surface area contributed by atoms with Crippen LogP contribution in [0.3, 0.4) is 0 Å². The molecule has 0 spiro atoms. The molecule has 0 N–H and O–H groups in total. The molecule has 0 atom stereocenters. The van der Waals surface area contributed by atoms with Crippen molar-refractivity contribution in [2.45, 2.75) is 0 Å². The third-order valence-electron chi connectivity index (χ3n) is 10.7. The van der Waals surface area contributed by atoms with Crippen molar-refractivity contribution in [3.63, 3.8) is 0 Å². The lowest BCUT2D eigenvalue weighted by Crippen LogP contribution is -2.11. The molecule has 0 bridgehead atoms. The second-order valence-corrected chi connectivity index (χ2v) is 14.2. The van der Waals surface area contributed by atoms with Crippen molar-refractivity contribution < 1.29 is 4.42 Å². The highest BCUT2D eigenvalue weighted by Gasteiger charge is 2.18. The minimum Gasteiger partial charge on any atom is -0.456 e. The predicted molar refractivity (Wildman–Crippen MR) is 236 cm³/mol. The van der Waals surface area contributed by atoms with E-state index in [1.807, 2.05) is 18.2 Å². The number of nitrogens with zero attached hydrogens (tertiary/aromatic N) is 1. The van der Waals surface area contributed by atoms with Gasteiger partial charge in [0.1, 0.15) is 11.3 Å². The highest BCUT2D eigenvalue weighted by Crippen LogP contribution is 2.42.